The van der Waals surface area contributed by atoms with Crippen molar-refractivity contribution >= 4 is 29.9 Å². The number of rotatable bonds is 3. The Morgan fingerprint density at radius 1 is 1.41 bits per heavy atom. The molecule has 0 radical (unpaired) electrons. The molecule has 0 unspecified atom stereocenters. The molecule has 1 saturated carbocycles. The summed E-state index contributed by atoms with van der Waals surface area (Å²) in [5.41, 5.74) is 0.654. The van der Waals surface area contributed by atoms with Crippen molar-refractivity contribution in [3.63, 3.8) is 0 Å². The standard InChI is InChI=1S/C12H16FN3.HI/c1-14-12(16-10-6-7-10)15-8-9-4-2-3-5-11(9)13;/h2-5,10H,6-8H2,1H3,(H2,14,15,16);1H. The van der Waals surface area contributed by atoms with Gasteiger partial charge in [0.25, 0.3) is 0 Å². The largest absolute Gasteiger partial charge is 0.354 e. The van der Waals surface area contributed by atoms with Crippen LogP contribution in [0.5, 0.6) is 0 Å². The highest BCUT2D eigenvalue weighted by Crippen LogP contribution is 2.18. The van der Waals surface area contributed by atoms with E-state index in [1.807, 2.05) is 6.07 Å². The van der Waals surface area contributed by atoms with E-state index in [0.29, 0.717) is 18.2 Å². The third kappa shape index (κ3) is 4.49. The first kappa shape index (κ1) is 14.2. The van der Waals surface area contributed by atoms with Crippen LogP contribution in [0, 0.1) is 5.82 Å². The van der Waals surface area contributed by atoms with Crippen LogP contribution < -0.4 is 10.6 Å². The van der Waals surface area contributed by atoms with Crippen LogP contribution in [0.3, 0.4) is 0 Å². The molecular weight excluding hydrogens is 332 g/mol. The fourth-order valence-corrected chi connectivity index (χ4v) is 1.44. The second-order valence-corrected chi connectivity index (χ2v) is 3.94. The van der Waals surface area contributed by atoms with Gasteiger partial charge in [-0.15, -0.1) is 24.0 Å². The lowest BCUT2D eigenvalue weighted by Crippen LogP contribution is -2.38. The number of benzene rings is 1. The molecule has 0 bridgehead atoms. The van der Waals surface area contributed by atoms with Crippen molar-refractivity contribution in [1.82, 2.24) is 10.6 Å². The highest BCUT2D eigenvalue weighted by atomic mass is 127. The van der Waals surface area contributed by atoms with Crippen LogP contribution in [-0.4, -0.2) is 19.0 Å². The predicted octanol–water partition coefficient (Wildman–Crippen LogP) is 2.27. The van der Waals surface area contributed by atoms with Crippen molar-refractivity contribution in [2.45, 2.75) is 25.4 Å². The number of guanidine groups is 1. The van der Waals surface area contributed by atoms with Gasteiger partial charge in [0, 0.05) is 25.2 Å². The number of hydrogen-bond donors (Lipinski definition) is 2. The Bertz CT molecular complexity index is 391. The maximum absolute atomic E-state index is 13.3. The maximum Gasteiger partial charge on any atom is 0.191 e. The number of nitrogens with zero attached hydrogens (tertiary/aromatic N) is 1. The summed E-state index contributed by atoms with van der Waals surface area (Å²) in [6.45, 7) is 0.457. The van der Waals surface area contributed by atoms with Gasteiger partial charge in [-0.3, -0.25) is 4.99 Å². The van der Waals surface area contributed by atoms with Crippen molar-refractivity contribution < 1.29 is 4.39 Å². The third-order valence-corrected chi connectivity index (χ3v) is 2.55. The summed E-state index contributed by atoms with van der Waals surface area (Å²) in [6.07, 6.45) is 2.39. The quantitative estimate of drug-likeness (QED) is 0.499. The summed E-state index contributed by atoms with van der Waals surface area (Å²) in [6, 6.07) is 7.31. The third-order valence-electron chi connectivity index (χ3n) is 2.55. The first-order valence-electron chi connectivity index (χ1n) is 5.50. The Morgan fingerprint density at radius 3 is 2.71 bits per heavy atom. The van der Waals surface area contributed by atoms with Crippen LogP contribution in [0.2, 0.25) is 0 Å². The highest BCUT2D eigenvalue weighted by molar-refractivity contribution is 14.0. The fraction of sp³-hybridized carbons (Fsp3) is 0.417. The molecule has 3 nitrogen and oxygen atoms in total. The molecule has 1 aromatic carbocycles. The molecule has 1 aliphatic carbocycles. The average molecular weight is 349 g/mol. The van der Waals surface area contributed by atoms with Gasteiger partial charge >= 0.3 is 0 Å². The molecular formula is C12H17FIN3. The summed E-state index contributed by atoms with van der Waals surface area (Å²) in [7, 11) is 1.72. The van der Waals surface area contributed by atoms with E-state index >= 15 is 0 Å². The molecule has 5 heteroatoms. The fourth-order valence-electron chi connectivity index (χ4n) is 1.44. The minimum atomic E-state index is -0.183. The minimum absolute atomic E-state index is 0. The van der Waals surface area contributed by atoms with Gasteiger partial charge in [-0.2, -0.15) is 0 Å². The van der Waals surface area contributed by atoms with Gasteiger partial charge in [0.05, 0.1) is 0 Å². The van der Waals surface area contributed by atoms with Crippen molar-refractivity contribution in [2.75, 3.05) is 7.05 Å². The highest BCUT2D eigenvalue weighted by Gasteiger charge is 2.22. The van der Waals surface area contributed by atoms with Crippen LogP contribution in [0.25, 0.3) is 0 Å². The molecule has 0 aliphatic heterocycles. The molecule has 0 atom stereocenters. The Balaban J connectivity index is 0.00000144. The molecule has 17 heavy (non-hydrogen) atoms. The lowest BCUT2D eigenvalue weighted by molar-refractivity contribution is 0.604. The average Bonchev–Trinajstić information content (AvgIpc) is 3.10. The van der Waals surface area contributed by atoms with Gasteiger partial charge in [-0.25, -0.2) is 4.39 Å². The number of nitrogens with one attached hydrogen (secondary N) is 2. The van der Waals surface area contributed by atoms with Crippen LogP contribution >= 0.6 is 24.0 Å². The molecule has 1 aliphatic rings. The first-order chi connectivity index (χ1) is 7.79. The Labute approximate surface area is 118 Å². The zero-order chi connectivity index (χ0) is 11.4. The van der Waals surface area contributed by atoms with Crippen LogP contribution in [0.15, 0.2) is 29.3 Å². The van der Waals surface area contributed by atoms with Crippen LogP contribution in [-0.2, 0) is 6.54 Å². The SMILES string of the molecule is CN=C(NCc1ccccc1F)NC1CC1.I. The second kappa shape index (κ2) is 6.78. The maximum atomic E-state index is 13.3. The van der Waals surface area contributed by atoms with E-state index in [2.05, 4.69) is 15.6 Å². The molecule has 1 aromatic rings. The van der Waals surface area contributed by atoms with E-state index in [1.165, 1.54) is 18.9 Å². The van der Waals surface area contributed by atoms with E-state index < -0.39 is 0 Å². The Hall–Kier alpha value is -0.850. The summed E-state index contributed by atoms with van der Waals surface area (Å²) < 4.78 is 13.3. The number of hydrogen-bond acceptors (Lipinski definition) is 1. The molecule has 2 rings (SSSR count). The van der Waals surface area contributed by atoms with E-state index in [0.717, 1.165) is 5.96 Å². The topological polar surface area (TPSA) is 36.4 Å². The smallest absolute Gasteiger partial charge is 0.191 e. The molecule has 0 saturated heterocycles. The predicted molar refractivity (Wildman–Crippen MR) is 78.2 cm³/mol. The normalized spacial score (nSPS) is 15.1. The van der Waals surface area contributed by atoms with E-state index in [4.69, 9.17) is 0 Å². The van der Waals surface area contributed by atoms with Crippen molar-refractivity contribution in [1.29, 1.82) is 0 Å². The van der Waals surface area contributed by atoms with Gasteiger partial charge < -0.3 is 10.6 Å². The lowest BCUT2D eigenvalue weighted by Gasteiger charge is -2.11. The minimum Gasteiger partial charge on any atom is -0.354 e. The zero-order valence-electron chi connectivity index (χ0n) is 9.74. The van der Waals surface area contributed by atoms with Crippen LogP contribution in [0.1, 0.15) is 18.4 Å². The van der Waals surface area contributed by atoms with E-state index in [-0.39, 0.29) is 29.8 Å². The van der Waals surface area contributed by atoms with Gasteiger partial charge in [-0.1, -0.05) is 18.2 Å². The summed E-state index contributed by atoms with van der Waals surface area (Å²) in [5, 5.41) is 6.34. The summed E-state index contributed by atoms with van der Waals surface area (Å²) in [5.74, 6) is 0.558. The summed E-state index contributed by atoms with van der Waals surface area (Å²) >= 11 is 0. The monoisotopic (exact) mass is 349 g/mol. The second-order valence-electron chi connectivity index (χ2n) is 3.94. The molecule has 1 fully saturated rings. The molecule has 0 heterocycles. The molecule has 0 amide bonds. The van der Waals surface area contributed by atoms with Gasteiger partial charge in [0.15, 0.2) is 5.96 Å². The van der Waals surface area contributed by atoms with Crippen LogP contribution in [0.4, 0.5) is 4.39 Å². The first-order valence-corrected chi connectivity index (χ1v) is 5.50. The molecule has 0 spiro atoms. The Kier molecular flexibility index (Phi) is 5.67. The van der Waals surface area contributed by atoms with Gasteiger partial charge in [-0.05, 0) is 18.9 Å². The number of aliphatic imine (C=N–C) groups is 1. The van der Waals surface area contributed by atoms with Gasteiger partial charge in [0.1, 0.15) is 5.82 Å². The van der Waals surface area contributed by atoms with E-state index in [1.54, 1.807) is 19.2 Å². The van der Waals surface area contributed by atoms with Gasteiger partial charge in [0.2, 0.25) is 0 Å². The zero-order valence-corrected chi connectivity index (χ0v) is 12.1. The number of halogens is 2. The molecule has 2 N–H and O–H groups in total. The van der Waals surface area contributed by atoms with Crippen molar-refractivity contribution in [2.24, 2.45) is 4.99 Å². The Morgan fingerprint density at radius 2 is 2.12 bits per heavy atom. The lowest BCUT2D eigenvalue weighted by atomic mass is 10.2. The van der Waals surface area contributed by atoms with Crippen molar-refractivity contribution in [3.8, 4) is 0 Å². The van der Waals surface area contributed by atoms with E-state index in [9.17, 15) is 4.39 Å². The summed E-state index contributed by atoms with van der Waals surface area (Å²) in [4.78, 5) is 4.08. The molecule has 94 valence electrons. The molecule has 0 aromatic heterocycles. The van der Waals surface area contributed by atoms with Crippen molar-refractivity contribution in [3.05, 3.63) is 35.6 Å².